The van der Waals surface area contributed by atoms with E-state index in [2.05, 4.69) is 29.1 Å². The second-order valence-electron chi connectivity index (χ2n) is 3.91. The van der Waals surface area contributed by atoms with Crippen molar-refractivity contribution in [3.8, 4) is 5.88 Å². The standard InChI is InChI=1S/C11H18ClN3O/c1-4-13-11-14-7-9(12)10(15-11)16-6-5-8(2)3/h7-8H,4-6H2,1-3H3,(H,13,14,15). The number of rotatable bonds is 6. The van der Waals surface area contributed by atoms with Crippen molar-refractivity contribution in [1.29, 1.82) is 0 Å². The van der Waals surface area contributed by atoms with Crippen molar-refractivity contribution in [2.45, 2.75) is 27.2 Å². The number of aromatic nitrogens is 2. The van der Waals surface area contributed by atoms with Crippen LogP contribution in [-0.2, 0) is 0 Å². The molecule has 1 aromatic heterocycles. The van der Waals surface area contributed by atoms with Gasteiger partial charge in [-0.15, -0.1) is 0 Å². The van der Waals surface area contributed by atoms with Gasteiger partial charge < -0.3 is 10.1 Å². The Kier molecular flexibility index (Phi) is 5.32. The molecule has 0 aliphatic heterocycles. The van der Waals surface area contributed by atoms with Crippen LogP contribution in [0.1, 0.15) is 27.2 Å². The van der Waals surface area contributed by atoms with Gasteiger partial charge in [0.25, 0.3) is 0 Å². The van der Waals surface area contributed by atoms with E-state index in [0.717, 1.165) is 13.0 Å². The summed E-state index contributed by atoms with van der Waals surface area (Å²) < 4.78 is 5.51. The van der Waals surface area contributed by atoms with Gasteiger partial charge in [-0.2, -0.15) is 4.98 Å². The fourth-order valence-electron chi connectivity index (χ4n) is 1.09. The van der Waals surface area contributed by atoms with E-state index in [-0.39, 0.29) is 0 Å². The molecule has 0 saturated carbocycles. The predicted octanol–water partition coefficient (Wildman–Crippen LogP) is 2.99. The number of nitrogens with zero attached hydrogens (tertiary/aromatic N) is 2. The van der Waals surface area contributed by atoms with Gasteiger partial charge in [-0.25, -0.2) is 4.98 Å². The first-order chi connectivity index (χ1) is 7.63. The van der Waals surface area contributed by atoms with Gasteiger partial charge in [0, 0.05) is 6.54 Å². The van der Waals surface area contributed by atoms with Gasteiger partial charge in [0.05, 0.1) is 12.8 Å². The molecule has 0 aliphatic carbocycles. The molecule has 16 heavy (non-hydrogen) atoms. The second kappa shape index (κ2) is 6.53. The van der Waals surface area contributed by atoms with Crippen molar-refractivity contribution in [2.75, 3.05) is 18.5 Å². The van der Waals surface area contributed by atoms with Gasteiger partial charge in [0.1, 0.15) is 5.02 Å². The summed E-state index contributed by atoms with van der Waals surface area (Å²) in [6, 6.07) is 0. The summed E-state index contributed by atoms with van der Waals surface area (Å²) in [5, 5.41) is 3.46. The molecule has 1 N–H and O–H groups in total. The average molecular weight is 244 g/mol. The predicted molar refractivity (Wildman–Crippen MR) is 66.2 cm³/mol. The first-order valence-corrected chi connectivity index (χ1v) is 5.90. The number of ether oxygens (including phenoxy) is 1. The highest BCUT2D eigenvalue weighted by Gasteiger charge is 2.06. The summed E-state index contributed by atoms with van der Waals surface area (Å²) in [5.74, 6) is 1.61. The van der Waals surface area contributed by atoms with Crippen LogP contribution in [0, 0.1) is 5.92 Å². The van der Waals surface area contributed by atoms with E-state index in [9.17, 15) is 0 Å². The van der Waals surface area contributed by atoms with E-state index in [0.29, 0.717) is 29.4 Å². The minimum atomic E-state index is 0.449. The average Bonchev–Trinajstić information content (AvgIpc) is 2.22. The molecule has 1 rings (SSSR count). The van der Waals surface area contributed by atoms with Crippen LogP contribution < -0.4 is 10.1 Å². The molecule has 0 atom stereocenters. The maximum atomic E-state index is 5.93. The van der Waals surface area contributed by atoms with Gasteiger partial charge >= 0.3 is 0 Å². The molecule has 0 unspecified atom stereocenters. The number of hydrogen-bond acceptors (Lipinski definition) is 4. The lowest BCUT2D eigenvalue weighted by atomic mass is 10.1. The Labute approximate surface area is 101 Å². The summed E-state index contributed by atoms with van der Waals surface area (Å²) in [6.07, 6.45) is 2.54. The fourth-order valence-corrected chi connectivity index (χ4v) is 1.23. The monoisotopic (exact) mass is 243 g/mol. The number of hydrogen-bond donors (Lipinski definition) is 1. The summed E-state index contributed by atoms with van der Waals surface area (Å²) in [5.41, 5.74) is 0. The molecule has 0 spiro atoms. The smallest absolute Gasteiger partial charge is 0.237 e. The molecule has 4 nitrogen and oxygen atoms in total. The molecule has 1 aromatic rings. The normalized spacial score (nSPS) is 10.6. The Morgan fingerprint density at radius 3 is 2.88 bits per heavy atom. The highest BCUT2D eigenvalue weighted by atomic mass is 35.5. The Bertz CT molecular complexity index is 331. The van der Waals surface area contributed by atoms with E-state index >= 15 is 0 Å². The van der Waals surface area contributed by atoms with Crippen LogP contribution >= 0.6 is 11.6 Å². The zero-order valence-corrected chi connectivity index (χ0v) is 10.7. The molecule has 0 radical (unpaired) electrons. The molecule has 0 saturated heterocycles. The Morgan fingerprint density at radius 2 is 2.25 bits per heavy atom. The summed E-state index contributed by atoms with van der Waals surface area (Å²) in [4.78, 5) is 8.22. The fraction of sp³-hybridized carbons (Fsp3) is 0.636. The Hall–Kier alpha value is -1.03. The van der Waals surface area contributed by atoms with Crippen molar-refractivity contribution in [3.63, 3.8) is 0 Å². The Balaban J connectivity index is 2.59. The topological polar surface area (TPSA) is 47.0 Å². The van der Waals surface area contributed by atoms with Crippen LogP contribution in [0.2, 0.25) is 5.02 Å². The van der Waals surface area contributed by atoms with Crippen LogP contribution in [0.5, 0.6) is 5.88 Å². The van der Waals surface area contributed by atoms with Gasteiger partial charge in [-0.1, -0.05) is 25.4 Å². The summed E-state index contributed by atoms with van der Waals surface area (Å²) >= 11 is 5.93. The van der Waals surface area contributed by atoms with Gasteiger partial charge in [0.15, 0.2) is 0 Å². The Morgan fingerprint density at radius 1 is 1.50 bits per heavy atom. The summed E-state index contributed by atoms with van der Waals surface area (Å²) in [7, 11) is 0. The zero-order valence-electron chi connectivity index (χ0n) is 9.96. The third-order valence-electron chi connectivity index (χ3n) is 1.98. The maximum Gasteiger partial charge on any atom is 0.237 e. The first-order valence-electron chi connectivity index (χ1n) is 5.52. The van der Waals surface area contributed by atoms with E-state index in [1.807, 2.05) is 6.92 Å². The highest BCUT2D eigenvalue weighted by Crippen LogP contribution is 2.22. The van der Waals surface area contributed by atoms with Crippen molar-refractivity contribution < 1.29 is 4.74 Å². The number of nitrogens with one attached hydrogen (secondary N) is 1. The van der Waals surface area contributed by atoms with E-state index in [4.69, 9.17) is 16.3 Å². The molecule has 0 fully saturated rings. The summed E-state index contributed by atoms with van der Waals surface area (Å²) in [6.45, 7) is 7.67. The van der Waals surface area contributed by atoms with Gasteiger partial charge in [-0.3, -0.25) is 0 Å². The van der Waals surface area contributed by atoms with E-state index in [1.165, 1.54) is 0 Å². The third kappa shape index (κ3) is 4.23. The quantitative estimate of drug-likeness (QED) is 0.835. The van der Waals surface area contributed by atoms with Crippen molar-refractivity contribution in [1.82, 2.24) is 9.97 Å². The molecule has 5 heteroatoms. The highest BCUT2D eigenvalue weighted by molar-refractivity contribution is 6.31. The van der Waals surface area contributed by atoms with Crippen LogP contribution in [0.4, 0.5) is 5.95 Å². The molecule has 90 valence electrons. The molecular weight excluding hydrogens is 226 g/mol. The minimum absolute atomic E-state index is 0.449. The molecule has 0 bridgehead atoms. The first kappa shape index (κ1) is 13.0. The molecule has 0 aromatic carbocycles. The van der Waals surface area contributed by atoms with Crippen molar-refractivity contribution in [3.05, 3.63) is 11.2 Å². The van der Waals surface area contributed by atoms with Gasteiger partial charge in [-0.05, 0) is 19.3 Å². The third-order valence-corrected chi connectivity index (χ3v) is 2.24. The van der Waals surface area contributed by atoms with Gasteiger partial charge in [0.2, 0.25) is 11.8 Å². The van der Waals surface area contributed by atoms with E-state index in [1.54, 1.807) is 6.20 Å². The molecular formula is C11H18ClN3O. The van der Waals surface area contributed by atoms with Crippen LogP contribution in [0.25, 0.3) is 0 Å². The van der Waals surface area contributed by atoms with Crippen LogP contribution in [0.3, 0.4) is 0 Å². The largest absolute Gasteiger partial charge is 0.476 e. The zero-order chi connectivity index (χ0) is 12.0. The van der Waals surface area contributed by atoms with Crippen LogP contribution in [-0.4, -0.2) is 23.1 Å². The lowest BCUT2D eigenvalue weighted by Crippen LogP contribution is -2.06. The molecule has 1 heterocycles. The lowest BCUT2D eigenvalue weighted by Gasteiger charge is -2.09. The van der Waals surface area contributed by atoms with Crippen LogP contribution in [0.15, 0.2) is 6.20 Å². The number of halogens is 1. The minimum Gasteiger partial charge on any atom is -0.476 e. The maximum absolute atomic E-state index is 5.93. The number of anilines is 1. The van der Waals surface area contributed by atoms with Crippen molar-refractivity contribution in [2.24, 2.45) is 5.92 Å². The SMILES string of the molecule is CCNc1ncc(Cl)c(OCCC(C)C)n1. The van der Waals surface area contributed by atoms with Crippen molar-refractivity contribution >= 4 is 17.5 Å². The lowest BCUT2D eigenvalue weighted by molar-refractivity contribution is 0.279. The molecule has 0 amide bonds. The second-order valence-corrected chi connectivity index (χ2v) is 4.32. The van der Waals surface area contributed by atoms with E-state index < -0.39 is 0 Å². The molecule has 0 aliphatic rings.